The average molecular weight is 296 g/mol. The highest BCUT2D eigenvalue weighted by Gasteiger charge is 2.20. The topological polar surface area (TPSA) is 82.8 Å². The summed E-state index contributed by atoms with van der Waals surface area (Å²) in [5.74, 6) is 0.200. The van der Waals surface area contributed by atoms with Crippen molar-refractivity contribution in [2.75, 3.05) is 23.7 Å². The first-order valence-corrected chi connectivity index (χ1v) is 7.41. The molecule has 0 amide bonds. The maximum atomic E-state index is 12.2. The Morgan fingerprint density at radius 1 is 1.20 bits per heavy atom. The van der Waals surface area contributed by atoms with Crippen molar-refractivity contribution in [2.45, 2.75) is 11.7 Å². The van der Waals surface area contributed by atoms with E-state index in [1.807, 2.05) is 20.2 Å². The average Bonchev–Trinajstić information content (AvgIpc) is 2.88. The van der Waals surface area contributed by atoms with Crippen LogP contribution in [0.1, 0.15) is 5.76 Å². The molecule has 0 radical (unpaired) electrons. The van der Waals surface area contributed by atoms with E-state index in [9.17, 15) is 8.42 Å². The van der Waals surface area contributed by atoms with Gasteiger partial charge in [-0.25, -0.2) is 0 Å². The zero-order valence-electron chi connectivity index (χ0n) is 11.2. The molecule has 0 aliphatic carbocycles. The van der Waals surface area contributed by atoms with Crippen LogP contribution in [0.2, 0.25) is 0 Å². The quantitative estimate of drug-likeness (QED) is 0.876. The second-order valence-electron chi connectivity index (χ2n) is 4.40. The molecule has 20 heavy (non-hydrogen) atoms. The highest BCUT2D eigenvalue weighted by molar-refractivity contribution is 7.92. The van der Waals surface area contributed by atoms with Gasteiger partial charge in [-0.05, 0) is 24.3 Å². The van der Waals surface area contributed by atoms with Crippen LogP contribution in [0.15, 0.2) is 45.9 Å². The number of furan rings is 1. The van der Waals surface area contributed by atoms with Crippen LogP contribution in [0.5, 0.6) is 0 Å². The van der Waals surface area contributed by atoms with Crippen molar-refractivity contribution >= 4 is 21.4 Å². The van der Waals surface area contributed by atoms with Crippen LogP contribution in [0.25, 0.3) is 0 Å². The highest BCUT2D eigenvalue weighted by atomic mass is 32.2. The van der Waals surface area contributed by atoms with Gasteiger partial charge in [0.1, 0.15) is 12.4 Å². The molecule has 7 heteroatoms. The number of rotatable bonds is 5. The van der Waals surface area contributed by atoms with E-state index in [-0.39, 0.29) is 17.5 Å². The molecule has 0 bridgehead atoms. The van der Waals surface area contributed by atoms with Crippen LogP contribution >= 0.6 is 0 Å². The number of aliphatic hydroxyl groups excluding tert-OH is 1. The summed E-state index contributed by atoms with van der Waals surface area (Å²) >= 11 is 0. The summed E-state index contributed by atoms with van der Waals surface area (Å²) in [5, 5.41) is 8.68. The van der Waals surface area contributed by atoms with Gasteiger partial charge in [-0.2, -0.15) is 8.42 Å². The molecule has 2 N–H and O–H groups in total. The predicted molar refractivity (Wildman–Crippen MR) is 76.2 cm³/mol. The van der Waals surface area contributed by atoms with Crippen molar-refractivity contribution in [1.29, 1.82) is 0 Å². The molecular weight excluding hydrogens is 280 g/mol. The number of anilines is 2. The van der Waals surface area contributed by atoms with Gasteiger partial charge in [0.25, 0.3) is 10.0 Å². The third kappa shape index (κ3) is 2.94. The summed E-state index contributed by atoms with van der Waals surface area (Å²) in [6, 6.07) is 9.77. The van der Waals surface area contributed by atoms with Gasteiger partial charge in [0, 0.05) is 14.1 Å². The molecule has 1 heterocycles. The molecule has 0 aliphatic rings. The molecule has 0 spiro atoms. The second-order valence-corrected chi connectivity index (χ2v) is 6.01. The number of hydrogen-bond donors (Lipinski definition) is 2. The molecule has 0 aliphatic heterocycles. The van der Waals surface area contributed by atoms with E-state index >= 15 is 0 Å². The summed E-state index contributed by atoms with van der Waals surface area (Å²) in [5.41, 5.74) is 1.20. The van der Waals surface area contributed by atoms with Gasteiger partial charge in [-0.3, -0.25) is 4.72 Å². The van der Waals surface area contributed by atoms with Crippen LogP contribution in [-0.4, -0.2) is 27.6 Å². The molecule has 0 fully saturated rings. The fourth-order valence-electron chi connectivity index (χ4n) is 1.73. The Morgan fingerprint density at radius 2 is 1.90 bits per heavy atom. The third-order valence-electron chi connectivity index (χ3n) is 2.69. The number of aliphatic hydroxyl groups is 1. The summed E-state index contributed by atoms with van der Waals surface area (Å²) < 4.78 is 31.9. The Morgan fingerprint density at radius 3 is 2.50 bits per heavy atom. The molecule has 0 unspecified atom stereocenters. The Hall–Kier alpha value is -1.99. The molecule has 6 nitrogen and oxygen atoms in total. The van der Waals surface area contributed by atoms with Crippen molar-refractivity contribution < 1.29 is 17.9 Å². The number of benzene rings is 1. The number of nitrogens with one attached hydrogen (secondary N) is 1. The highest BCUT2D eigenvalue weighted by Crippen LogP contribution is 2.26. The maximum Gasteiger partial charge on any atom is 0.295 e. The van der Waals surface area contributed by atoms with Crippen LogP contribution in [0, 0.1) is 0 Å². The Balaban J connectivity index is 2.33. The van der Waals surface area contributed by atoms with E-state index in [1.165, 1.54) is 12.1 Å². The minimum absolute atomic E-state index is 0.200. The molecule has 2 rings (SSSR count). The first-order chi connectivity index (χ1) is 9.44. The predicted octanol–water partition coefficient (Wildman–Crippen LogP) is 1.64. The Bertz CT molecular complexity index is 692. The van der Waals surface area contributed by atoms with Crippen LogP contribution in [0.3, 0.4) is 0 Å². The lowest BCUT2D eigenvalue weighted by molar-refractivity contribution is 0.236. The van der Waals surface area contributed by atoms with E-state index in [1.54, 1.807) is 23.1 Å². The van der Waals surface area contributed by atoms with E-state index in [2.05, 4.69) is 4.72 Å². The lowest BCUT2D eigenvalue weighted by Gasteiger charge is -2.17. The first kappa shape index (κ1) is 14.4. The van der Waals surface area contributed by atoms with Crippen molar-refractivity contribution in [3.05, 3.63) is 42.2 Å². The van der Waals surface area contributed by atoms with E-state index < -0.39 is 10.0 Å². The fourth-order valence-corrected chi connectivity index (χ4v) is 2.76. The van der Waals surface area contributed by atoms with Crippen molar-refractivity contribution in [1.82, 2.24) is 0 Å². The Labute approximate surface area is 117 Å². The molecule has 0 saturated heterocycles. The summed E-state index contributed by atoms with van der Waals surface area (Å²) in [4.78, 5) is 1.80. The van der Waals surface area contributed by atoms with Gasteiger partial charge in [-0.1, -0.05) is 12.1 Å². The lowest BCUT2D eigenvalue weighted by atomic mass is 10.2. The summed E-state index contributed by atoms with van der Waals surface area (Å²) in [6.45, 7) is -0.343. The van der Waals surface area contributed by atoms with Crippen LogP contribution in [-0.2, 0) is 16.6 Å². The zero-order valence-corrected chi connectivity index (χ0v) is 12.0. The van der Waals surface area contributed by atoms with E-state index in [4.69, 9.17) is 9.52 Å². The first-order valence-electron chi connectivity index (χ1n) is 5.93. The monoisotopic (exact) mass is 296 g/mol. The van der Waals surface area contributed by atoms with Gasteiger partial charge < -0.3 is 14.4 Å². The largest absolute Gasteiger partial charge is 0.445 e. The molecule has 0 saturated carbocycles. The van der Waals surface area contributed by atoms with Gasteiger partial charge in [-0.15, -0.1) is 0 Å². The molecule has 1 aromatic carbocycles. The van der Waals surface area contributed by atoms with Crippen molar-refractivity contribution in [3.8, 4) is 0 Å². The number of hydrogen-bond acceptors (Lipinski definition) is 5. The maximum absolute atomic E-state index is 12.2. The van der Waals surface area contributed by atoms with E-state index in [0.29, 0.717) is 5.69 Å². The number of para-hydroxylation sites is 2. The van der Waals surface area contributed by atoms with E-state index in [0.717, 1.165) is 5.69 Å². The third-order valence-corrected chi connectivity index (χ3v) is 3.93. The molecule has 1 aromatic heterocycles. The molecule has 0 atom stereocenters. The molecular formula is C13H16N2O4S. The van der Waals surface area contributed by atoms with Crippen LogP contribution < -0.4 is 9.62 Å². The number of sulfonamides is 1. The van der Waals surface area contributed by atoms with Gasteiger partial charge in [0.05, 0.1) is 11.4 Å². The van der Waals surface area contributed by atoms with Gasteiger partial charge in [0.2, 0.25) is 5.09 Å². The smallest absolute Gasteiger partial charge is 0.295 e. The minimum atomic E-state index is -3.81. The SMILES string of the molecule is CN(C)c1ccccc1NS(=O)(=O)c1ccc(CO)o1. The van der Waals surface area contributed by atoms with Crippen LogP contribution in [0.4, 0.5) is 11.4 Å². The minimum Gasteiger partial charge on any atom is -0.445 e. The lowest BCUT2D eigenvalue weighted by Crippen LogP contribution is -2.16. The molecule has 108 valence electrons. The van der Waals surface area contributed by atoms with Crippen molar-refractivity contribution in [2.24, 2.45) is 0 Å². The van der Waals surface area contributed by atoms with Gasteiger partial charge in [0.15, 0.2) is 0 Å². The summed E-state index contributed by atoms with van der Waals surface area (Å²) in [6.07, 6.45) is 0. The standard InChI is InChI=1S/C13H16N2O4S/c1-15(2)12-6-4-3-5-11(12)14-20(17,18)13-8-7-10(9-16)19-13/h3-8,14,16H,9H2,1-2H3. The van der Waals surface area contributed by atoms with Crippen molar-refractivity contribution in [3.63, 3.8) is 0 Å². The Kier molecular flexibility index (Phi) is 4.01. The summed E-state index contributed by atoms with van der Waals surface area (Å²) in [7, 11) is -0.166. The van der Waals surface area contributed by atoms with Gasteiger partial charge >= 0.3 is 0 Å². The molecule has 2 aromatic rings. The normalized spacial score (nSPS) is 11.3. The fraction of sp³-hybridized carbons (Fsp3) is 0.231. The second kappa shape index (κ2) is 5.56. The number of nitrogens with zero attached hydrogens (tertiary/aromatic N) is 1. The zero-order chi connectivity index (χ0) is 14.8.